The Morgan fingerprint density at radius 3 is 1.97 bits per heavy atom. The molecule has 31 heavy (non-hydrogen) atoms. The maximum Gasteiger partial charge on any atom is 0.252 e. The minimum Gasteiger partial charge on any atom is -0.358 e. The van der Waals surface area contributed by atoms with Crippen molar-refractivity contribution in [1.29, 1.82) is 0 Å². The highest BCUT2D eigenvalue weighted by molar-refractivity contribution is 9.10. The first kappa shape index (κ1) is 20.9. The van der Waals surface area contributed by atoms with Gasteiger partial charge in [0.25, 0.3) is 5.91 Å². The van der Waals surface area contributed by atoms with Crippen LogP contribution in [-0.4, -0.2) is 23.0 Å². The largest absolute Gasteiger partial charge is 0.358 e. The highest BCUT2D eigenvalue weighted by Crippen LogP contribution is 2.47. The van der Waals surface area contributed by atoms with Gasteiger partial charge in [0.15, 0.2) is 0 Å². The van der Waals surface area contributed by atoms with Gasteiger partial charge in [0.05, 0.1) is 6.04 Å². The molecule has 0 radical (unpaired) electrons. The van der Waals surface area contributed by atoms with E-state index in [1.807, 2.05) is 42.5 Å². The summed E-state index contributed by atoms with van der Waals surface area (Å²) in [5.74, 6) is 0.104. The first-order chi connectivity index (χ1) is 15.1. The summed E-state index contributed by atoms with van der Waals surface area (Å²) in [4.78, 5) is 15.8. The third-order valence-corrected chi connectivity index (χ3v) is 7.10. The smallest absolute Gasteiger partial charge is 0.252 e. The normalized spacial score (nSPS) is 23.7. The van der Waals surface area contributed by atoms with Gasteiger partial charge in [-0.25, -0.2) is 0 Å². The van der Waals surface area contributed by atoms with Crippen molar-refractivity contribution < 1.29 is 9.53 Å². The lowest BCUT2D eigenvalue weighted by atomic mass is 9.90. The van der Waals surface area contributed by atoms with Gasteiger partial charge in [-0.1, -0.05) is 86.5 Å². The number of ether oxygens (including phenoxy) is 1. The Morgan fingerprint density at radius 1 is 0.806 bits per heavy atom. The van der Waals surface area contributed by atoms with Gasteiger partial charge in [0.2, 0.25) is 0 Å². The second kappa shape index (κ2) is 8.89. The number of benzene rings is 3. The molecule has 0 N–H and O–H groups in total. The number of morpholine rings is 1. The molecule has 3 nitrogen and oxygen atoms in total. The summed E-state index contributed by atoms with van der Waals surface area (Å²) in [7, 11) is 0. The van der Waals surface area contributed by atoms with Gasteiger partial charge in [-0.3, -0.25) is 4.79 Å². The highest BCUT2D eigenvalue weighted by atomic mass is 79.9. The van der Waals surface area contributed by atoms with E-state index in [9.17, 15) is 4.79 Å². The Balaban J connectivity index is 1.56. The summed E-state index contributed by atoms with van der Waals surface area (Å²) in [6.45, 7) is 0. The zero-order valence-corrected chi connectivity index (χ0v) is 20.1. The van der Waals surface area contributed by atoms with E-state index < -0.39 is 6.10 Å². The van der Waals surface area contributed by atoms with Crippen LogP contribution < -0.4 is 0 Å². The van der Waals surface area contributed by atoms with Gasteiger partial charge in [-0.2, -0.15) is 0 Å². The molecule has 1 heterocycles. The Kier molecular flexibility index (Phi) is 6.00. The van der Waals surface area contributed by atoms with Crippen LogP contribution in [0.25, 0.3) is 0 Å². The van der Waals surface area contributed by atoms with Crippen molar-refractivity contribution in [3.8, 4) is 0 Å². The first-order valence-corrected chi connectivity index (χ1v) is 12.2. The fourth-order valence-corrected chi connectivity index (χ4v) is 4.92. The van der Waals surface area contributed by atoms with Gasteiger partial charge in [-0.05, 0) is 53.8 Å². The van der Waals surface area contributed by atoms with Crippen LogP contribution in [-0.2, 0) is 16.0 Å². The molecule has 1 saturated heterocycles. The summed E-state index contributed by atoms with van der Waals surface area (Å²) in [5.41, 5.74) is 3.31. The summed E-state index contributed by atoms with van der Waals surface area (Å²) < 4.78 is 8.67. The van der Waals surface area contributed by atoms with Gasteiger partial charge < -0.3 is 9.64 Å². The van der Waals surface area contributed by atoms with Crippen LogP contribution in [0.15, 0.2) is 87.8 Å². The third kappa shape index (κ3) is 4.50. The van der Waals surface area contributed by atoms with Crippen molar-refractivity contribution in [3.63, 3.8) is 0 Å². The molecular formula is C26H23Br2NO2. The number of nitrogens with zero attached hydrogens (tertiary/aromatic N) is 1. The maximum absolute atomic E-state index is 13.7. The predicted octanol–water partition coefficient (Wildman–Crippen LogP) is 6.63. The molecule has 3 aromatic rings. The van der Waals surface area contributed by atoms with Gasteiger partial charge >= 0.3 is 0 Å². The lowest BCUT2D eigenvalue weighted by molar-refractivity contribution is -0.175. The van der Waals surface area contributed by atoms with E-state index >= 15 is 0 Å². The molecule has 2 aliphatic rings. The zero-order chi connectivity index (χ0) is 21.4. The first-order valence-electron chi connectivity index (χ1n) is 10.6. The van der Waals surface area contributed by atoms with Gasteiger partial charge in [0.1, 0.15) is 12.2 Å². The van der Waals surface area contributed by atoms with Gasteiger partial charge in [-0.15, -0.1) is 0 Å². The summed E-state index contributed by atoms with van der Waals surface area (Å²) in [5, 5.41) is 0. The number of halogens is 2. The van der Waals surface area contributed by atoms with Crippen LogP contribution in [0.5, 0.6) is 0 Å². The molecule has 2 fully saturated rings. The second-order valence-electron chi connectivity index (χ2n) is 8.26. The highest BCUT2D eigenvalue weighted by Gasteiger charge is 2.49. The van der Waals surface area contributed by atoms with Crippen molar-refractivity contribution in [1.82, 2.24) is 4.90 Å². The molecule has 158 valence electrons. The Morgan fingerprint density at radius 2 is 1.39 bits per heavy atom. The molecule has 5 heteroatoms. The lowest BCUT2D eigenvalue weighted by Crippen LogP contribution is -2.52. The fraction of sp³-hybridized carbons (Fsp3) is 0.269. The van der Waals surface area contributed by atoms with E-state index in [0.717, 1.165) is 38.5 Å². The molecule has 1 aliphatic heterocycles. The average Bonchev–Trinajstić information content (AvgIpc) is 3.62. The minimum atomic E-state index is -0.483. The summed E-state index contributed by atoms with van der Waals surface area (Å²) in [6.07, 6.45) is 2.00. The van der Waals surface area contributed by atoms with Crippen molar-refractivity contribution in [2.45, 2.75) is 43.6 Å². The maximum atomic E-state index is 13.7. The zero-order valence-electron chi connectivity index (χ0n) is 17.0. The summed E-state index contributed by atoms with van der Waals surface area (Å²) in [6, 6.07) is 26.9. The second-order valence-corrected chi connectivity index (χ2v) is 10.1. The van der Waals surface area contributed by atoms with Crippen LogP contribution in [0.3, 0.4) is 0 Å². The van der Waals surface area contributed by atoms with E-state index in [-0.39, 0.29) is 18.1 Å². The number of hydrogen-bond donors (Lipinski definition) is 0. The fourth-order valence-electron chi connectivity index (χ4n) is 4.39. The number of amides is 1. The van der Waals surface area contributed by atoms with Gasteiger partial charge in [0, 0.05) is 21.4 Å². The average molecular weight is 541 g/mol. The summed E-state index contributed by atoms with van der Waals surface area (Å²) >= 11 is 7.07. The van der Waals surface area contributed by atoms with Crippen molar-refractivity contribution >= 4 is 37.8 Å². The Bertz CT molecular complexity index is 1050. The van der Waals surface area contributed by atoms with Crippen molar-refractivity contribution in [2.75, 3.05) is 0 Å². The van der Waals surface area contributed by atoms with Crippen LogP contribution in [0, 0.1) is 0 Å². The molecule has 0 bridgehead atoms. The van der Waals surface area contributed by atoms with Crippen LogP contribution >= 0.6 is 31.9 Å². The molecule has 3 aromatic carbocycles. The number of carbonyl (C=O) groups is 1. The minimum absolute atomic E-state index is 0.104. The van der Waals surface area contributed by atoms with E-state index in [2.05, 4.69) is 73.2 Å². The number of rotatable bonds is 5. The number of carbonyl (C=O) groups excluding carboxylic acids is 1. The van der Waals surface area contributed by atoms with E-state index in [1.54, 1.807) is 0 Å². The van der Waals surface area contributed by atoms with E-state index in [0.29, 0.717) is 12.5 Å². The van der Waals surface area contributed by atoms with Crippen LogP contribution in [0.1, 0.15) is 41.7 Å². The molecule has 0 spiro atoms. The van der Waals surface area contributed by atoms with E-state index in [1.165, 1.54) is 0 Å². The lowest BCUT2D eigenvalue weighted by Gasteiger charge is -2.45. The van der Waals surface area contributed by atoms with Crippen LogP contribution in [0.2, 0.25) is 0 Å². The molecule has 1 saturated carbocycles. The molecular weight excluding hydrogens is 518 g/mol. The number of hydrogen-bond acceptors (Lipinski definition) is 2. The SMILES string of the molecule is O=C1[C@@H](Cc2ccccc2)O[C@H](c2ccc(Br)cc2)[C@H](c2ccc(Br)cc2)N1C1CC1. The standard InChI is InChI=1S/C26H23Br2NO2/c27-20-10-6-18(7-11-20)24-25(19-8-12-21(28)13-9-19)31-23(16-17-4-2-1-3-5-17)26(30)29(24)22-14-15-22/h1-13,22-25H,14-16H2/t23-,24+,25-/m1/s1. The van der Waals surface area contributed by atoms with Crippen molar-refractivity contribution in [3.05, 3.63) is 104 Å². The van der Waals surface area contributed by atoms with Crippen molar-refractivity contribution in [2.24, 2.45) is 0 Å². The van der Waals surface area contributed by atoms with Crippen LogP contribution in [0.4, 0.5) is 0 Å². The predicted molar refractivity (Wildman–Crippen MR) is 129 cm³/mol. The topological polar surface area (TPSA) is 29.5 Å². The Hall–Kier alpha value is -1.95. The molecule has 0 unspecified atom stereocenters. The van der Waals surface area contributed by atoms with E-state index in [4.69, 9.17) is 4.74 Å². The quantitative estimate of drug-likeness (QED) is 0.363. The molecule has 1 amide bonds. The molecule has 3 atom stereocenters. The molecule has 0 aromatic heterocycles. The Labute approximate surface area is 199 Å². The molecule has 1 aliphatic carbocycles. The molecule has 5 rings (SSSR count). The third-order valence-electron chi connectivity index (χ3n) is 6.04. The monoisotopic (exact) mass is 539 g/mol.